The van der Waals surface area contributed by atoms with Crippen LogP contribution in [0.5, 0.6) is 0 Å². The molecule has 1 aromatic rings. The van der Waals surface area contributed by atoms with Crippen LogP contribution >= 0.6 is 0 Å². The largest absolute Gasteiger partial charge is 0.390 e. The standard InChI is InChI=1S/C13H24N2O4S/c1-5-6-7-11-14-12(19-15-11)10(2)20(17,18)9-8-13(3,4)16/h10,16H,5-9H2,1-4H3. The molecule has 0 radical (unpaired) electrons. The van der Waals surface area contributed by atoms with Crippen molar-refractivity contribution in [1.82, 2.24) is 10.1 Å². The maximum Gasteiger partial charge on any atom is 0.244 e. The van der Waals surface area contributed by atoms with Crippen molar-refractivity contribution in [2.45, 2.75) is 64.2 Å². The Labute approximate surface area is 120 Å². The van der Waals surface area contributed by atoms with Crippen LogP contribution in [0, 0.1) is 0 Å². The Hall–Kier alpha value is -0.950. The van der Waals surface area contributed by atoms with Gasteiger partial charge in [-0.15, -0.1) is 0 Å². The number of rotatable bonds is 8. The lowest BCUT2D eigenvalue weighted by Gasteiger charge is -2.17. The zero-order valence-corrected chi connectivity index (χ0v) is 13.4. The van der Waals surface area contributed by atoms with Crippen molar-refractivity contribution in [2.24, 2.45) is 0 Å². The van der Waals surface area contributed by atoms with Gasteiger partial charge in [0.25, 0.3) is 0 Å². The van der Waals surface area contributed by atoms with Gasteiger partial charge in [-0.2, -0.15) is 4.98 Å². The van der Waals surface area contributed by atoms with Crippen molar-refractivity contribution < 1.29 is 18.0 Å². The highest BCUT2D eigenvalue weighted by molar-refractivity contribution is 7.91. The van der Waals surface area contributed by atoms with Crippen molar-refractivity contribution in [3.63, 3.8) is 0 Å². The van der Waals surface area contributed by atoms with Gasteiger partial charge in [0.2, 0.25) is 5.89 Å². The van der Waals surface area contributed by atoms with Crippen LogP contribution in [0.4, 0.5) is 0 Å². The molecule has 0 amide bonds. The highest BCUT2D eigenvalue weighted by Crippen LogP contribution is 2.23. The van der Waals surface area contributed by atoms with Crippen LogP contribution in [0.1, 0.15) is 63.9 Å². The molecule has 1 heterocycles. The summed E-state index contributed by atoms with van der Waals surface area (Å²) in [4.78, 5) is 4.14. The Bertz CT molecular complexity index is 517. The zero-order valence-electron chi connectivity index (χ0n) is 12.6. The molecule has 0 fully saturated rings. The van der Waals surface area contributed by atoms with Crippen molar-refractivity contribution in [1.29, 1.82) is 0 Å². The Morgan fingerprint density at radius 1 is 1.40 bits per heavy atom. The van der Waals surface area contributed by atoms with Gasteiger partial charge in [-0.25, -0.2) is 8.42 Å². The number of hydrogen-bond acceptors (Lipinski definition) is 6. The minimum Gasteiger partial charge on any atom is -0.390 e. The first-order chi connectivity index (χ1) is 9.15. The molecule has 0 aliphatic heterocycles. The second kappa shape index (κ2) is 6.67. The van der Waals surface area contributed by atoms with Gasteiger partial charge in [-0.1, -0.05) is 18.5 Å². The maximum atomic E-state index is 12.2. The number of hydrogen-bond donors (Lipinski definition) is 1. The van der Waals surface area contributed by atoms with Crippen molar-refractivity contribution in [3.8, 4) is 0 Å². The molecule has 0 spiro atoms. The fourth-order valence-electron chi connectivity index (χ4n) is 1.59. The summed E-state index contributed by atoms with van der Waals surface area (Å²) in [7, 11) is -3.41. The molecule has 0 bridgehead atoms. The summed E-state index contributed by atoms with van der Waals surface area (Å²) >= 11 is 0. The number of nitrogens with zero attached hydrogens (tertiary/aromatic N) is 2. The highest BCUT2D eigenvalue weighted by Gasteiger charge is 2.29. The molecule has 0 saturated heterocycles. The second-order valence-electron chi connectivity index (χ2n) is 5.72. The van der Waals surface area contributed by atoms with E-state index >= 15 is 0 Å². The van der Waals surface area contributed by atoms with E-state index < -0.39 is 20.7 Å². The molecule has 0 saturated carbocycles. The van der Waals surface area contributed by atoms with E-state index in [-0.39, 0.29) is 18.1 Å². The summed E-state index contributed by atoms with van der Waals surface area (Å²) in [5.74, 6) is 0.572. The fourth-order valence-corrected chi connectivity index (χ4v) is 3.13. The molecule has 1 rings (SSSR count). The number of aromatic nitrogens is 2. The number of unbranched alkanes of at least 4 members (excludes halogenated alkanes) is 1. The van der Waals surface area contributed by atoms with Crippen molar-refractivity contribution in [2.75, 3.05) is 5.75 Å². The molecule has 1 aromatic heterocycles. The molecular weight excluding hydrogens is 280 g/mol. The topological polar surface area (TPSA) is 93.3 Å². The summed E-state index contributed by atoms with van der Waals surface area (Å²) in [6.45, 7) is 6.77. The predicted molar refractivity (Wildman–Crippen MR) is 76.0 cm³/mol. The minimum absolute atomic E-state index is 0.107. The van der Waals surface area contributed by atoms with E-state index in [1.165, 1.54) is 6.92 Å². The second-order valence-corrected chi connectivity index (χ2v) is 8.17. The quantitative estimate of drug-likeness (QED) is 0.790. The molecule has 1 N–H and O–H groups in total. The van der Waals surface area contributed by atoms with Crippen LogP contribution in [-0.2, 0) is 16.3 Å². The summed E-state index contributed by atoms with van der Waals surface area (Å²) in [6.07, 6.45) is 2.83. The lowest BCUT2D eigenvalue weighted by molar-refractivity contribution is 0.0771. The third kappa shape index (κ3) is 5.20. The highest BCUT2D eigenvalue weighted by atomic mass is 32.2. The smallest absolute Gasteiger partial charge is 0.244 e. The molecule has 6 nitrogen and oxygen atoms in total. The normalized spacial score (nSPS) is 14.4. The van der Waals surface area contributed by atoms with Gasteiger partial charge in [-0.3, -0.25) is 0 Å². The first kappa shape index (κ1) is 17.1. The third-order valence-corrected chi connectivity index (χ3v) is 5.17. The first-order valence-electron chi connectivity index (χ1n) is 6.92. The fraction of sp³-hybridized carbons (Fsp3) is 0.846. The van der Waals surface area contributed by atoms with E-state index in [4.69, 9.17) is 4.52 Å². The first-order valence-corrected chi connectivity index (χ1v) is 8.63. The van der Waals surface area contributed by atoms with Crippen molar-refractivity contribution in [3.05, 3.63) is 11.7 Å². The molecule has 1 unspecified atom stereocenters. The SMILES string of the molecule is CCCCc1noc(C(C)S(=O)(=O)CCC(C)(C)O)n1. The van der Waals surface area contributed by atoms with Gasteiger partial charge >= 0.3 is 0 Å². The molecule has 20 heavy (non-hydrogen) atoms. The number of aryl methyl sites for hydroxylation is 1. The van der Waals surface area contributed by atoms with Crippen LogP contribution in [0.3, 0.4) is 0 Å². The third-order valence-electron chi connectivity index (χ3n) is 3.12. The van der Waals surface area contributed by atoms with Crippen LogP contribution in [-0.4, -0.2) is 35.0 Å². The average molecular weight is 304 g/mol. The van der Waals surface area contributed by atoms with Gasteiger partial charge in [0.15, 0.2) is 15.7 Å². The predicted octanol–water partition coefficient (Wildman–Crippen LogP) is 2.05. The maximum absolute atomic E-state index is 12.2. The van der Waals surface area contributed by atoms with Gasteiger partial charge in [-0.05, 0) is 33.6 Å². The molecule has 116 valence electrons. The lowest BCUT2D eigenvalue weighted by atomic mass is 10.1. The summed E-state index contributed by atoms with van der Waals surface area (Å²) in [5.41, 5.74) is -1.01. The summed E-state index contributed by atoms with van der Waals surface area (Å²) in [5, 5.41) is 12.6. The lowest BCUT2D eigenvalue weighted by Crippen LogP contribution is -2.25. The van der Waals surface area contributed by atoms with E-state index in [1.807, 2.05) is 0 Å². The minimum atomic E-state index is -3.41. The molecule has 7 heteroatoms. The van der Waals surface area contributed by atoms with Crippen LogP contribution in [0.25, 0.3) is 0 Å². The molecule has 0 aromatic carbocycles. The van der Waals surface area contributed by atoms with Gasteiger partial charge in [0, 0.05) is 6.42 Å². The van der Waals surface area contributed by atoms with Gasteiger partial charge in [0.05, 0.1) is 11.4 Å². The van der Waals surface area contributed by atoms with E-state index in [0.29, 0.717) is 12.2 Å². The van der Waals surface area contributed by atoms with E-state index in [1.54, 1.807) is 13.8 Å². The number of sulfone groups is 1. The van der Waals surface area contributed by atoms with E-state index in [0.717, 1.165) is 12.8 Å². The van der Waals surface area contributed by atoms with Gasteiger partial charge < -0.3 is 9.63 Å². The molecular formula is C13H24N2O4S. The Morgan fingerprint density at radius 3 is 2.60 bits per heavy atom. The summed E-state index contributed by atoms with van der Waals surface area (Å²) in [6, 6.07) is 0. The van der Waals surface area contributed by atoms with E-state index in [2.05, 4.69) is 17.1 Å². The summed E-state index contributed by atoms with van der Waals surface area (Å²) < 4.78 is 29.4. The van der Waals surface area contributed by atoms with Crippen LogP contribution in [0.15, 0.2) is 4.52 Å². The average Bonchev–Trinajstić information content (AvgIpc) is 2.81. The monoisotopic (exact) mass is 304 g/mol. The number of aliphatic hydroxyl groups is 1. The van der Waals surface area contributed by atoms with E-state index in [9.17, 15) is 13.5 Å². The molecule has 0 aliphatic rings. The van der Waals surface area contributed by atoms with Crippen LogP contribution < -0.4 is 0 Å². The van der Waals surface area contributed by atoms with Crippen LogP contribution in [0.2, 0.25) is 0 Å². The molecule has 0 aliphatic carbocycles. The molecule has 1 atom stereocenters. The Kier molecular flexibility index (Phi) is 5.70. The van der Waals surface area contributed by atoms with Crippen molar-refractivity contribution >= 4 is 9.84 Å². The Balaban J connectivity index is 2.72. The van der Waals surface area contributed by atoms with Gasteiger partial charge in [0.1, 0.15) is 5.25 Å². The Morgan fingerprint density at radius 2 is 2.05 bits per heavy atom. The zero-order chi connectivity index (χ0) is 15.4.